The van der Waals surface area contributed by atoms with Crippen LogP contribution in [-0.4, -0.2) is 42.9 Å². The summed E-state index contributed by atoms with van der Waals surface area (Å²) < 4.78 is 29.1. The van der Waals surface area contributed by atoms with E-state index in [0.29, 0.717) is 20.3 Å². The van der Waals surface area contributed by atoms with Crippen LogP contribution in [0.1, 0.15) is 32.6 Å². The molecule has 0 aliphatic rings. The van der Waals surface area contributed by atoms with Gasteiger partial charge in [0, 0.05) is 0 Å². The van der Waals surface area contributed by atoms with E-state index in [2.05, 4.69) is 55.6 Å². The summed E-state index contributed by atoms with van der Waals surface area (Å²) in [6.45, 7) is 8.46. The fourth-order valence-electron chi connectivity index (χ4n) is 2.41. The molecule has 0 aliphatic carbocycles. The maximum atomic E-state index is 12.4. The molecule has 132 valence electrons. The Bertz CT molecular complexity index is 543. The zero-order chi connectivity index (χ0) is 17.3. The molecule has 1 aromatic carbocycles. The fourth-order valence-corrected chi connectivity index (χ4v) is 10.1. The van der Waals surface area contributed by atoms with Crippen LogP contribution in [0, 0.1) is 0 Å². The van der Waals surface area contributed by atoms with E-state index >= 15 is 0 Å². The summed E-state index contributed by atoms with van der Waals surface area (Å²) in [6, 6.07) is 10.6. The van der Waals surface area contributed by atoms with Gasteiger partial charge in [0.05, 0.1) is 0 Å². The third-order valence-electron chi connectivity index (χ3n) is 3.35. The Morgan fingerprint density at radius 3 is 2.35 bits per heavy atom. The second kappa shape index (κ2) is 9.99. The van der Waals surface area contributed by atoms with Crippen molar-refractivity contribution in [2.45, 2.75) is 63.6 Å². The van der Waals surface area contributed by atoms with Crippen LogP contribution in [0.5, 0.6) is 0 Å². The molecule has 0 amide bonds. The number of nitrogens with one attached hydrogen (secondary N) is 1. The van der Waals surface area contributed by atoms with Gasteiger partial charge in [-0.15, -0.1) is 0 Å². The van der Waals surface area contributed by atoms with Crippen molar-refractivity contribution in [3.8, 4) is 0 Å². The molecule has 0 aliphatic heterocycles. The van der Waals surface area contributed by atoms with E-state index in [-0.39, 0.29) is 6.04 Å². The molecular formula is C17H31NO2SSeSi. The average molecular weight is 421 g/mol. The molecular weight excluding hydrogens is 389 g/mol. The number of hydrogen-bond acceptors (Lipinski definition) is 2. The number of rotatable bonds is 11. The molecule has 6 heteroatoms. The summed E-state index contributed by atoms with van der Waals surface area (Å²) in [7, 11) is -4.77. The molecule has 1 aromatic rings. The van der Waals surface area contributed by atoms with Gasteiger partial charge in [-0.1, -0.05) is 0 Å². The third-order valence-corrected chi connectivity index (χ3v) is 11.2. The first-order valence-electron chi connectivity index (χ1n) is 8.40. The first-order valence-corrected chi connectivity index (χ1v) is 15.8. The Labute approximate surface area is 149 Å². The topological polar surface area (TPSA) is 46.2 Å². The van der Waals surface area contributed by atoms with Crippen LogP contribution >= 0.6 is 0 Å². The zero-order valence-corrected chi connectivity index (χ0v) is 18.4. The molecule has 3 nitrogen and oxygen atoms in total. The first-order chi connectivity index (χ1) is 10.7. The van der Waals surface area contributed by atoms with Crippen molar-refractivity contribution < 1.29 is 8.42 Å². The van der Waals surface area contributed by atoms with Gasteiger partial charge >= 0.3 is 150 Å². The molecule has 0 fully saturated rings. The van der Waals surface area contributed by atoms with Crippen molar-refractivity contribution in [3.05, 3.63) is 30.3 Å². The van der Waals surface area contributed by atoms with Crippen molar-refractivity contribution in [2.24, 2.45) is 0 Å². The van der Waals surface area contributed by atoms with Gasteiger partial charge in [0.2, 0.25) is 0 Å². The second-order valence-electron chi connectivity index (χ2n) is 7.23. The molecule has 1 N–H and O–H groups in total. The Morgan fingerprint density at radius 1 is 1.13 bits per heavy atom. The molecule has 0 saturated carbocycles. The normalized spacial score (nSPS) is 13.9. The van der Waals surface area contributed by atoms with Gasteiger partial charge in [0.25, 0.3) is 0 Å². The SMILES string of the molecule is CCCCC(CC[Se]c1ccccc1)NS(=O)(=O)C[Si](C)(C)C. The van der Waals surface area contributed by atoms with E-state index in [9.17, 15) is 8.42 Å². The van der Waals surface area contributed by atoms with Gasteiger partial charge in [0.1, 0.15) is 0 Å². The summed E-state index contributed by atoms with van der Waals surface area (Å²) in [6.07, 6.45) is 4.08. The van der Waals surface area contributed by atoms with E-state index in [4.69, 9.17) is 0 Å². The van der Waals surface area contributed by atoms with Gasteiger partial charge in [-0.25, -0.2) is 0 Å². The fraction of sp³-hybridized carbons (Fsp3) is 0.647. The van der Waals surface area contributed by atoms with E-state index < -0.39 is 18.1 Å². The Kier molecular flexibility index (Phi) is 9.09. The Hall–Kier alpha value is -0.134. The van der Waals surface area contributed by atoms with E-state index in [1.54, 1.807) is 0 Å². The minimum atomic E-state index is -3.15. The second-order valence-corrected chi connectivity index (χ2v) is 17.4. The quantitative estimate of drug-likeness (QED) is 0.559. The van der Waals surface area contributed by atoms with Crippen LogP contribution in [0.2, 0.25) is 25.0 Å². The zero-order valence-electron chi connectivity index (χ0n) is 14.8. The van der Waals surface area contributed by atoms with Crippen LogP contribution in [0.3, 0.4) is 0 Å². The predicted octanol–water partition coefficient (Wildman–Crippen LogP) is 3.18. The number of unbranched alkanes of at least 4 members (excludes halogenated alkanes) is 1. The third kappa shape index (κ3) is 10.4. The summed E-state index contributed by atoms with van der Waals surface area (Å²) in [5.74, 6) is 0. The molecule has 1 atom stereocenters. The Morgan fingerprint density at radius 2 is 1.78 bits per heavy atom. The molecule has 1 rings (SSSR count). The molecule has 0 spiro atoms. The summed E-state index contributed by atoms with van der Waals surface area (Å²) in [5.41, 5.74) is 0. The van der Waals surface area contributed by atoms with Crippen LogP contribution in [0.15, 0.2) is 30.3 Å². The van der Waals surface area contributed by atoms with Crippen LogP contribution < -0.4 is 9.18 Å². The van der Waals surface area contributed by atoms with Gasteiger partial charge < -0.3 is 0 Å². The molecule has 0 heterocycles. The van der Waals surface area contributed by atoms with Crippen LogP contribution in [-0.2, 0) is 10.0 Å². The molecule has 0 aromatic heterocycles. The van der Waals surface area contributed by atoms with Crippen molar-refractivity contribution in [3.63, 3.8) is 0 Å². The Balaban J connectivity index is 2.54. The summed E-state index contributed by atoms with van der Waals surface area (Å²) in [4.78, 5) is 0. The molecule has 23 heavy (non-hydrogen) atoms. The molecule has 0 bridgehead atoms. The average Bonchev–Trinajstić information content (AvgIpc) is 2.42. The van der Waals surface area contributed by atoms with Gasteiger partial charge in [0.15, 0.2) is 0 Å². The van der Waals surface area contributed by atoms with Crippen molar-refractivity contribution in [1.82, 2.24) is 4.72 Å². The van der Waals surface area contributed by atoms with E-state index in [0.717, 1.165) is 31.0 Å². The van der Waals surface area contributed by atoms with Crippen molar-refractivity contribution in [2.75, 3.05) is 5.38 Å². The molecule has 0 saturated heterocycles. The van der Waals surface area contributed by atoms with E-state index in [1.165, 1.54) is 4.46 Å². The minimum absolute atomic E-state index is 0.0990. The predicted molar refractivity (Wildman–Crippen MR) is 105 cm³/mol. The summed E-state index contributed by atoms with van der Waals surface area (Å²) in [5, 5.41) is 1.41. The van der Waals surface area contributed by atoms with Gasteiger partial charge in [-0.05, 0) is 0 Å². The van der Waals surface area contributed by atoms with Crippen molar-refractivity contribution >= 4 is 37.5 Å². The van der Waals surface area contributed by atoms with Gasteiger partial charge in [-0.3, -0.25) is 0 Å². The number of sulfonamides is 1. The van der Waals surface area contributed by atoms with Crippen LogP contribution in [0.25, 0.3) is 0 Å². The molecule has 1 unspecified atom stereocenters. The number of benzene rings is 1. The standard InChI is InChI=1S/C17H31NO2SSeSi/c1-5-6-10-16(18-21(19,20)15-23(2,3)4)13-14-22-17-11-8-7-9-12-17/h7-9,11-12,16,18H,5-6,10,13-15H2,1-4H3. The molecule has 0 radical (unpaired) electrons. The van der Waals surface area contributed by atoms with E-state index in [1.807, 2.05) is 6.07 Å². The van der Waals surface area contributed by atoms with Crippen LogP contribution in [0.4, 0.5) is 0 Å². The maximum absolute atomic E-state index is 12.4. The first kappa shape index (κ1) is 20.9. The van der Waals surface area contributed by atoms with Gasteiger partial charge in [-0.2, -0.15) is 0 Å². The number of hydrogen-bond donors (Lipinski definition) is 1. The van der Waals surface area contributed by atoms with Crippen molar-refractivity contribution in [1.29, 1.82) is 0 Å². The monoisotopic (exact) mass is 421 g/mol. The summed E-state index contributed by atoms with van der Waals surface area (Å²) >= 11 is 0.427.